The van der Waals surface area contributed by atoms with Crippen LogP contribution in [0.4, 0.5) is 10.8 Å². The molecule has 27 heavy (non-hydrogen) atoms. The number of rotatable bonds is 5. The summed E-state index contributed by atoms with van der Waals surface area (Å²) in [6.07, 6.45) is 2.21. The molecule has 144 valence electrons. The Balaban J connectivity index is 0.000000279. The first-order valence-corrected chi connectivity index (χ1v) is 8.91. The molecule has 1 aliphatic rings. The Morgan fingerprint density at radius 3 is 2.56 bits per heavy atom. The van der Waals surface area contributed by atoms with Crippen molar-refractivity contribution in [3.8, 4) is 5.75 Å². The number of para-hydroxylation sites is 2. The van der Waals surface area contributed by atoms with E-state index in [0.717, 1.165) is 36.1 Å². The van der Waals surface area contributed by atoms with Crippen LogP contribution < -0.4 is 10.1 Å². The lowest BCUT2D eigenvalue weighted by Crippen LogP contribution is -2.25. The average Bonchev–Trinajstić information content (AvgIpc) is 3.02. The van der Waals surface area contributed by atoms with Crippen LogP contribution in [0.3, 0.4) is 0 Å². The van der Waals surface area contributed by atoms with Crippen molar-refractivity contribution in [2.24, 2.45) is 0 Å². The number of hydrogen-bond acceptors (Lipinski definition) is 7. The van der Waals surface area contributed by atoms with Crippen LogP contribution in [0.15, 0.2) is 36.4 Å². The summed E-state index contributed by atoms with van der Waals surface area (Å²) >= 11 is 1.75. The first-order chi connectivity index (χ1) is 12.9. The van der Waals surface area contributed by atoms with Crippen LogP contribution in [0.1, 0.15) is 10.6 Å². The quantitative estimate of drug-likeness (QED) is 0.667. The van der Waals surface area contributed by atoms with Crippen LogP contribution in [-0.2, 0) is 22.6 Å². The summed E-state index contributed by atoms with van der Waals surface area (Å²) in [5.41, 5.74) is 2.17. The second-order valence-corrected chi connectivity index (χ2v) is 6.80. The van der Waals surface area contributed by atoms with E-state index in [0.29, 0.717) is 12.2 Å². The fourth-order valence-corrected chi connectivity index (χ4v) is 3.36. The highest BCUT2D eigenvalue weighted by atomic mass is 32.1. The molecule has 1 aromatic heterocycles. The number of anilines is 2. The van der Waals surface area contributed by atoms with Gasteiger partial charge in [-0.2, -0.15) is 0 Å². The molecule has 0 aliphatic carbocycles. The smallest absolute Gasteiger partial charge is 0.328 e. The molecule has 0 spiro atoms. The molecule has 0 atom stereocenters. The molecule has 0 unspecified atom stereocenters. The zero-order valence-electron chi connectivity index (χ0n) is 15.0. The van der Waals surface area contributed by atoms with Crippen molar-refractivity contribution in [1.29, 1.82) is 0 Å². The molecule has 0 saturated carbocycles. The number of carboxylic acid groups (broad SMARTS) is 2. The van der Waals surface area contributed by atoms with Crippen LogP contribution in [0.25, 0.3) is 0 Å². The van der Waals surface area contributed by atoms with E-state index < -0.39 is 11.9 Å². The number of hydrogen-bond donors (Lipinski definition) is 3. The van der Waals surface area contributed by atoms with E-state index in [1.807, 2.05) is 24.3 Å². The highest BCUT2D eigenvalue weighted by Gasteiger charge is 2.18. The molecule has 0 bridgehead atoms. The minimum absolute atomic E-state index is 0.558. The van der Waals surface area contributed by atoms with Crippen molar-refractivity contribution in [3.05, 3.63) is 47.0 Å². The van der Waals surface area contributed by atoms with Gasteiger partial charge in [-0.05, 0) is 25.6 Å². The first-order valence-electron chi connectivity index (χ1n) is 8.10. The van der Waals surface area contributed by atoms with Crippen LogP contribution in [0.5, 0.6) is 5.75 Å². The lowest BCUT2D eigenvalue weighted by atomic mass is 10.2. The molecule has 1 aliphatic heterocycles. The summed E-state index contributed by atoms with van der Waals surface area (Å²) in [5.74, 6) is -1.67. The molecule has 0 amide bonds. The third-order valence-corrected chi connectivity index (χ3v) is 4.71. The van der Waals surface area contributed by atoms with E-state index in [2.05, 4.69) is 22.2 Å². The van der Waals surface area contributed by atoms with Crippen molar-refractivity contribution < 1.29 is 24.5 Å². The SMILES string of the molecule is COc1ccccc1Nc1nc2c(s1)CCN(C)C2.O=C(O)C=CC(=O)O. The van der Waals surface area contributed by atoms with Crippen molar-refractivity contribution in [3.63, 3.8) is 0 Å². The van der Waals surface area contributed by atoms with Crippen LogP contribution >= 0.6 is 11.3 Å². The Hall–Kier alpha value is -2.91. The van der Waals surface area contributed by atoms with Gasteiger partial charge in [0.15, 0.2) is 5.13 Å². The highest BCUT2D eigenvalue weighted by molar-refractivity contribution is 7.15. The van der Waals surface area contributed by atoms with Gasteiger partial charge in [0.25, 0.3) is 0 Å². The zero-order valence-corrected chi connectivity index (χ0v) is 15.8. The highest BCUT2D eigenvalue weighted by Crippen LogP contribution is 2.32. The van der Waals surface area contributed by atoms with Crippen LogP contribution in [-0.4, -0.2) is 52.7 Å². The van der Waals surface area contributed by atoms with E-state index in [-0.39, 0.29) is 0 Å². The standard InChI is InChI=1S/C14H17N3OS.C4H4O4/c1-17-8-7-13-11(9-17)16-14(19-13)15-10-5-3-4-6-12(10)18-2;5-3(6)1-2-4(7)8/h3-6H,7-9H2,1-2H3,(H,15,16);1-2H,(H,5,6)(H,7,8). The second-order valence-electron chi connectivity index (χ2n) is 5.71. The maximum atomic E-state index is 9.55. The Morgan fingerprint density at radius 1 is 1.26 bits per heavy atom. The first kappa shape index (κ1) is 20.4. The monoisotopic (exact) mass is 391 g/mol. The van der Waals surface area contributed by atoms with Gasteiger partial charge < -0.3 is 25.2 Å². The minimum atomic E-state index is -1.26. The lowest BCUT2D eigenvalue weighted by Gasteiger charge is -2.20. The number of fused-ring (bicyclic) bond motifs is 1. The molecule has 2 heterocycles. The molecule has 0 fully saturated rings. The number of aromatic nitrogens is 1. The number of likely N-dealkylation sites (N-methyl/N-ethyl adjacent to an activating group) is 1. The van der Waals surface area contributed by atoms with Gasteiger partial charge in [0, 0.05) is 30.1 Å². The minimum Gasteiger partial charge on any atom is -0.495 e. The fourth-order valence-electron chi connectivity index (χ4n) is 2.39. The van der Waals surface area contributed by atoms with Gasteiger partial charge in [-0.1, -0.05) is 12.1 Å². The summed E-state index contributed by atoms with van der Waals surface area (Å²) < 4.78 is 5.34. The molecule has 8 nitrogen and oxygen atoms in total. The average molecular weight is 391 g/mol. The largest absolute Gasteiger partial charge is 0.495 e. The fraction of sp³-hybridized carbons (Fsp3) is 0.278. The summed E-state index contributed by atoms with van der Waals surface area (Å²) in [6, 6.07) is 7.91. The van der Waals surface area contributed by atoms with Crippen molar-refractivity contribution in [1.82, 2.24) is 9.88 Å². The number of methoxy groups -OCH3 is 1. The molecule has 2 aromatic rings. The van der Waals surface area contributed by atoms with Crippen LogP contribution in [0.2, 0.25) is 0 Å². The van der Waals surface area contributed by atoms with E-state index in [1.54, 1.807) is 18.4 Å². The van der Waals surface area contributed by atoms with Gasteiger partial charge in [-0.3, -0.25) is 0 Å². The second kappa shape index (κ2) is 9.70. The molecule has 3 N–H and O–H groups in total. The Labute approximate surface area is 160 Å². The number of nitrogens with one attached hydrogen (secondary N) is 1. The number of aliphatic carboxylic acids is 2. The predicted molar refractivity (Wildman–Crippen MR) is 103 cm³/mol. The number of nitrogens with zero attached hydrogens (tertiary/aromatic N) is 2. The maximum Gasteiger partial charge on any atom is 0.328 e. The van der Waals surface area contributed by atoms with Crippen molar-refractivity contribution in [2.75, 3.05) is 26.0 Å². The predicted octanol–water partition coefficient (Wildman–Crippen LogP) is 2.59. The summed E-state index contributed by atoms with van der Waals surface area (Å²) in [7, 11) is 3.82. The van der Waals surface area contributed by atoms with Gasteiger partial charge in [0.05, 0.1) is 18.5 Å². The maximum absolute atomic E-state index is 9.55. The van der Waals surface area contributed by atoms with Gasteiger partial charge in [-0.25, -0.2) is 14.6 Å². The van der Waals surface area contributed by atoms with Gasteiger partial charge in [0.1, 0.15) is 5.75 Å². The molecule has 3 rings (SSSR count). The number of carbonyl (C=O) groups is 2. The molecular weight excluding hydrogens is 370 g/mol. The number of benzene rings is 1. The zero-order chi connectivity index (χ0) is 19.8. The van der Waals surface area contributed by atoms with Gasteiger partial charge in [-0.15, -0.1) is 11.3 Å². The third kappa shape index (κ3) is 6.39. The number of thiazole rings is 1. The van der Waals surface area contributed by atoms with Gasteiger partial charge in [0.2, 0.25) is 0 Å². The third-order valence-electron chi connectivity index (χ3n) is 3.64. The van der Waals surface area contributed by atoms with E-state index in [9.17, 15) is 9.59 Å². The molecule has 9 heteroatoms. The Kier molecular flexibility index (Phi) is 7.33. The van der Waals surface area contributed by atoms with E-state index in [4.69, 9.17) is 14.9 Å². The van der Waals surface area contributed by atoms with Crippen molar-refractivity contribution >= 4 is 34.1 Å². The molecule has 0 saturated heterocycles. The topological polar surface area (TPSA) is 112 Å². The number of carboxylic acids is 2. The summed E-state index contributed by atoms with van der Waals surface area (Å²) in [5, 5.41) is 19.9. The molecule has 0 radical (unpaired) electrons. The molecular formula is C18H21N3O5S. The van der Waals surface area contributed by atoms with Crippen molar-refractivity contribution in [2.45, 2.75) is 13.0 Å². The Morgan fingerprint density at radius 2 is 1.93 bits per heavy atom. The van der Waals surface area contributed by atoms with Crippen LogP contribution in [0, 0.1) is 0 Å². The normalized spacial score (nSPS) is 13.4. The van der Waals surface area contributed by atoms with Gasteiger partial charge >= 0.3 is 11.9 Å². The summed E-state index contributed by atoms with van der Waals surface area (Å²) in [4.78, 5) is 27.5. The summed E-state index contributed by atoms with van der Waals surface area (Å²) in [6.45, 7) is 2.06. The number of ether oxygens (including phenoxy) is 1. The van der Waals surface area contributed by atoms with E-state index in [1.165, 1.54) is 10.6 Å². The van der Waals surface area contributed by atoms with E-state index >= 15 is 0 Å². The lowest BCUT2D eigenvalue weighted by molar-refractivity contribution is -0.134. The molecule has 1 aromatic carbocycles. The Bertz CT molecular complexity index is 818.